The molecule has 0 atom stereocenters. The van der Waals surface area contributed by atoms with Gasteiger partial charge in [-0.1, -0.05) is 97.1 Å². The van der Waals surface area contributed by atoms with Crippen molar-refractivity contribution in [3.8, 4) is 17.0 Å². The van der Waals surface area contributed by atoms with Gasteiger partial charge in [0.1, 0.15) is 15.9 Å². The molecule has 0 spiro atoms. The van der Waals surface area contributed by atoms with Gasteiger partial charge >= 0.3 is 22.4 Å². The van der Waals surface area contributed by atoms with Crippen molar-refractivity contribution in [2.75, 3.05) is 0 Å². The monoisotopic (exact) mass is 637 g/mol. The molecule has 168 valence electrons. The molecule has 0 nitrogen and oxygen atoms in total. The average molecular weight is 637 g/mol. The number of rotatable bonds is 4. The molecule has 0 aliphatic rings. The normalized spacial score (nSPS) is 9.76. The Morgan fingerprint density at radius 2 is 0.735 bits per heavy atom. The van der Waals surface area contributed by atoms with Crippen LogP contribution in [0.15, 0.2) is 146 Å². The third kappa shape index (κ3) is 6.91. The summed E-state index contributed by atoms with van der Waals surface area (Å²) in [6.45, 7) is 0. The molecule has 0 saturated heterocycles. The fourth-order valence-electron chi connectivity index (χ4n) is 3.69. The molecule has 0 aliphatic heterocycles. The molecule has 0 heterocycles. The number of hydrogen-bond acceptors (Lipinski definition) is 0. The maximum Gasteiger partial charge on any atom is 1.00 e. The number of hydrogen-bond donors (Lipinski definition) is 0. The molecule has 0 bridgehead atoms. The maximum absolute atomic E-state index is 6.97. The van der Waals surface area contributed by atoms with Crippen LogP contribution in [0.5, 0.6) is 0 Å². The largest absolute Gasteiger partial charge is 1.00 e. The first-order chi connectivity index (χ1) is 16.3. The van der Waals surface area contributed by atoms with Crippen LogP contribution in [0.4, 0.5) is 0 Å². The molecule has 5 aromatic rings. The Morgan fingerprint density at radius 3 is 1.09 bits per heavy atom. The van der Waals surface area contributed by atoms with E-state index in [0.29, 0.717) is 0 Å². The minimum Gasteiger partial charge on any atom is -0.366 e. The van der Waals surface area contributed by atoms with Crippen molar-refractivity contribution in [1.82, 2.24) is 0 Å². The molecule has 0 fully saturated rings. The van der Waals surface area contributed by atoms with Crippen molar-refractivity contribution in [3.05, 3.63) is 158 Å². The molecule has 5 aromatic carbocycles. The Bertz CT molecular complexity index is 1180. The van der Waals surface area contributed by atoms with E-state index in [1.807, 2.05) is 42.5 Å². The zero-order valence-corrected chi connectivity index (χ0v) is 21.8. The minimum absolute atomic E-state index is 0. The number of benzene rings is 5. The van der Waals surface area contributed by atoms with Gasteiger partial charge in [0.2, 0.25) is 0 Å². The van der Waals surface area contributed by atoms with Gasteiger partial charge in [-0.3, -0.25) is 5.92 Å². The van der Waals surface area contributed by atoms with E-state index in [1.54, 1.807) is 0 Å². The molecule has 2 heteroatoms. The average Bonchev–Trinajstić information content (AvgIpc) is 2.92. The molecule has 0 aromatic heterocycles. The quantitative estimate of drug-likeness (QED) is 0.0919. The summed E-state index contributed by atoms with van der Waals surface area (Å²) in [5, 5.41) is 4.31. The van der Waals surface area contributed by atoms with Gasteiger partial charge in [-0.15, -0.1) is 17.7 Å². The van der Waals surface area contributed by atoms with Gasteiger partial charge in [0.25, 0.3) is 0 Å². The summed E-state index contributed by atoms with van der Waals surface area (Å²) in [4.78, 5) is 0. The van der Waals surface area contributed by atoms with Crippen LogP contribution in [0, 0.1) is 12.3 Å². The van der Waals surface area contributed by atoms with Gasteiger partial charge in [0, 0.05) is 0 Å². The van der Waals surface area contributed by atoms with Crippen molar-refractivity contribution in [1.29, 1.82) is 0 Å². The second-order valence-electron chi connectivity index (χ2n) is 7.54. The third-order valence-corrected chi connectivity index (χ3v) is 8.06. The smallest absolute Gasteiger partial charge is 0.366 e. The summed E-state index contributed by atoms with van der Waals surface area (Å²) in [7, 11) is -0.877. The summed E-state index contributed by atoms with van der Waals surface area (Å²) in [6, 6.07) is 50.5. The second-order valence-corrected chi connectivity index (χ2v) is 10.0. The van der Waals surface area contributed by atoms with E-state index >= 15 is 0 Å². The van der Waals surface area contributed by atoms with Crippen molar-refractivity contribution in [2.45, 2.75) is 0 Å². The summed E-state index contributed by atoms with van der Waals surface area (Å²) in [5.74, 6) is 2.36. The van der Waals surface area contributed by atoms with Crippen LogP contribution < -0.4 is 15.9 Å². The van der Waals surface area contributed by atoms with Gasteiger partial charge in [-0.05, 0) is 47.5 Å². The van der Waals surface area contributed by atoms with Crippen LogP contribution in [-0.4, -0.2) is 0 Å². The minimum atomic E-state index is -0.877. The fraction of sp³-hybridized carbons (Fsp3) is 0. The summed E-state index contributed by atoms with van der Waals surface area (Å²) in [6.07, 6.45) is 6.97. The molecule has 0 saturated carbocycles. The third-order valence-electron chi connectivity index (χ3n) is 5.32. The van der Waals surface area contributed by atoms with Crippen LogP contribution in [0.3, 0.4) is 0 Å². The maximum atomic E-state index is 6.97. The van der Waals surface area contributed by atoms with Gasteiger partial charge in [0.15, 0.2) is 0 Å². The summed E-state index contributed by atoms with van der Waals surface area (Å²) >= 11 is 0. The van der Waals surface area contributed by atoms with E-state index in [-0.39, 0.29) is 22.4 Å². The second kappa shape index (κ2) is 13.5. The molecule has 0 unspecified atom stereocenters. The zero-order chi connectivity index (χ0) is 22.7. The van der Waals surface area contributed by atoms with E-state index in [4.69, 9.17) is 6.42 Å². The molecule has 0 radical (unpaired) electrons. The van der Waals surface area contributed by atoms with Crippen LogP contribution >= 0.6 is 7.92 Å². The van der Waals surface area contributed by atoms with E-state index in [9.17, 15) is 0 Å². The Morgan fingerprint density at radius 1 is 0.412 bits per heavy atom. The Labute approximate surface area is 220 Å². The molecular weight excluding hydrogens is 612 g/mol. The molecule has 0 aliphatic carbocycles. The molecule has 5 rings (SSSR count). The van der Waals surface area contributed by atoms with Gasteiger partial charge < -0.3 is 6.42 Å². The van der Waals surface area contributed by atoms with Gasteiger partial charge in [-0.2, -0.15) is 0 Å². The van der Waals surface area contributed by atoms with Crippen molar-refractivity contribution in [2.24, 2.45) is 0 Å². The van der Waals surface area contributed by atoms with E-state index in [2.05, 4.69) is 109 Å². The predicted octanol–water partition coefficient (Wildman–Crippen LogP) is 6.47. The Hall–Kier alpha value is -3.17. The van der Waals surface area contributed by atoms with Crippen molar-refractivity contribution >= 4 is 23.8 Å². The Kier molecular flexibility index (Phi) is 10.1. The van der Waals surface area contributed by atoms with Crippen LogP contribution in [0.2, 0.25) is 0 Å². The van der Waals surface area contributed by atoms with Crippen LogP contribution in [0.1, 0.15) is 5.56 Å². The van der Waals surface area contributed by atoms with Crippen LogP contribution in [-0.2, 0) is 22.4 Å². The standard InChI is InChI=1S/C18H15P.C14H9.Au/c1-4-10-16(11-5-1)19(17-12-6-2-7-13-17)18-14-8-3-9-15-18;1-2-12-8-10-14(11-9-12)13-6-4-3-5-7-13;/h1-15H;3-11H;/q;-1;+1/p+1. The molecule has 0 amide bonds. The molecule has 34 heavy (non-hydrogen) atoms. The molecular formula is C32H25AuP+. The first-order valence-electron chi connectivity index (χ1n) is 11.0. The van der Waals surface area contributed by atoms with Crippen LogP contribution in [0.25, 0.3) is 11.1 Å². The summed E-state index contributed by atoms with van der Waals surface area (Å²) in [5.41, 5.74) is 3.18. The van der Waals surface area contributed by atoms with Gasteiger partial charge in [0.05, 0.1) is 7.92 Å². The zero-order valence-electron chi connectivity index (χ0n) is 18.7. The first-order valence-corrected chi connectivity index (χ1v) is 12.5. The van der Waals surface area contributed by atoms with E-state index in [0.717, 1.165) is 5.56 Å². The van der Waals surface area contributed by atoms with E-state index in [1.165, 1.54) is 27.0 Å². The first kappa shape index (κ1) is 25.5. The topological polar surface area (TPSA) is 0 Å². The fourth-order valence-corrected chi connectivity index (χ4v) is 6.27. The SMILES string of the molecule is [Au+].[C-]#Cc1ccc(-c2ccccc2)cc1.c1ccc([PH+](c2ccccc2)c2ccccc2)cc1. The van der Waals surface area contributed by atoms with E-state index < -0.39 is 7.92 Å². The summed E-state index contributed by atoms with van der Waals surface area (Å²) < 4.78 is 0. The molecule has 0 N–H and O–H groups in total. The van der Waals surface area contributed by atoms with Gasteiger partial charge in [-0.25, -0.2) is 0 Å². The predicted molar refractivity (Wildman–Crippen MR) is 145 cm³/mol. The Balaban J connectivity index is 0.000000193. The van der Waals surface area contributed by atoms with Crippen molar-refractivity contribution in [3.63, 3.8) is 0 Å². The van der Waals surface area contributed by atoms with Crippen molar-refractivity contribution < 1.29 is 22.4 Å².